The molecule has 0 aliphatic rings. The molecule has 0 saturated heterocycles. The predicted molar refractivity (Wildman–Crippen MR) is 78.7 cm³/mol. The van der Waals surface area contributed by atoms with Crippen molar-refractivity contribution in [3.05, 3.63) is 57.9 Å². The van der Waals surface area contributed by atoms with Crippen molar-refractivity contribution < 1.29 is 9.13 Å². The van der Waals surface area contributed by atoms with E-state index >= 15 is 0 Å². The van der Waals surface area contributed by atoms with Gasteiger partial charge in [-0.2, -0.15) is 0 Å². The van der Waals surface area contributed by atoms with Gasteiger partial charge in [-0.05, 0) is 46.1 Å². The van der Waals surface area contributed by atoms with E-state index in [-0.39, 0.29) is 11.9 Å². The summed E-state index contributed by atoms with van der Waals surface area (Å²) in [4.78, 5) is 4.15. The Labute approximate surface area is 125 Å². The Morgan fingerprint density at radius 3 is 2.90 bits per heavy atom. The molecular weight excluding hydrogens is 325 g/mol. The van der Waals surface area contributed by atoms with Crippen LogP contribution in [-0.2, 0) is 6.42 Å². The fraction of sp³-hybridized carbons (Fsp3) is 0.214. The minimum Gasteiger partial charge on any atom is -0.481 e. The molecule has 0 aliphatic carbocycles. The number of nitrogens with zero attached hydrogens (tertiary/aromatic N) is 1. The van der Waals surface area contributed by atoms with Crippen molar-refractivity contribution in [3.63, 3.8) is 0 Å². The topological polar surface area (TPSA) is 60.2 Å². The first-order valence-electron chi connectivity index (χ1n) is 6.04. The number of halogens is 2. The van der Waals surface area contributed by atoms with Crippen LogP contribution in [0, 0.1) is 5.82 Å². The molecule has 1 aromatic heterocycles. The Balaban J connectivity index is 2.26. The van der Waals surface area contributed by atoms with E-state index in [1.54, 1.807) is 25.4 Å². The van der Waals surface area contributed by atoms with Crippen molar-refractivity contribution in [2.24, 2.45) is 5.84 Å². The first-order valence-corrected chi connectivity index (χ1v) is 6.84. The number of nitrogens with one attached hydrogen (secondary N) is 1. The van der Waals surface area contributed by atoms with Crippen LogP contribution in [0.3, 0.4) is 0 Å². The summed E-state index contributed by atoms with van der Waals surface area (Å²) in [5, 5.41) is 0. The molecule has 0 amide bonds. The number of pyridine rings is 1. The van der Waals surface area contributed by atoms with Gasteiger partial charge in [0.1, 0.15) is 5.82 Å². The number of hydrogen-bond acceptors (Lipinski definition) is 4. The van der Waals surface area contributed by atoms with Gasteiger partial charge in [0.05, 0.1) is 17.6 Å². The van der Waals surface area contributed by atoms with Crippen LogP contribution in [0.25, 0.3) is 0 Å². The van der Waals surface area contributed by atoms with Gasteiger partial charge in [0, 0.05) is 11.8 Å². The lowest BCUT2D eigenvalue weighted by Gasteiger charge is -2.18. The molecule has 0 aliphatic heterocycles. The molecule has 20 heavy (non-hydrogen) atoms. The number of aromatic nitrogens is 1. The molecule has 0 fully saturated rings. The molecule has 2 rings (SSSR count). The Kier molecular flexibility index (Phi) is 5.05. The molecule has 0 bridgehead atoms. The lowest BCUT2D eigenvalue weighted by Crippen LogP contribution is -2.30. The molecule has 4 nitrogen and oxygen atoms in total. The number of hydrogen-bond donors (Lipinski definition) is 2. The van der Waals surface area contributed by atoms with Gasteiger partial charge in [0.15, 0.2) is 0 Å². The lowest BCUT2D eigenvalue weighted by molar-refractivity contribution is 0.382. The van der Waals surface area contributed by atoms with Crippen molar-refractivity contribution in [3.8, 4) is 5.88 Å². The van der Waals surface area contributed by atoms with Crippen LogP contribution in [-0.4, -0.2) is 12.1 Å². The first kappa shape index (κ1) is 14.9. The third-order valence-corrected chi connectivity index (χ3v) is 3.60. The standard InChI is InChI=1S/C14H15BrFN3O/c1-20-14-10(3-2-6-18-14)13(19-17)8-9-4-5-12(16)11(15)7-9/h2-7,13,19H,8,17H2,1H3. The van der Waals surface area contributed by atoms with Crippen LogP contribution in [0.2, 0.25) is 0 Å². The van der Waals surface area contributed by atoms with Gasteiger partial charge in [0.25, 0.3) is 0 Å². The zero-order chi connectivity index (χ0) is 14.5. The number of hydrazine groups is 1. The van der Waals surface area contributed by atoms with Gasteiger partial charge in [0.2, 0.25) is 5.88 Å². The third kappa shape index (κ3) is 3.33. The minimum atomic E-state index is -0.287. The fourth-order valence-corrected chi connectivity index (χ4v) is 2.43. The van der Waals surface area contributed by atoms with Crippen LogP contribution >= 0.6 is 15.9 Å². The summed E-state index contributed by atoms with van der Waals surface area (Å²) >= 11 is 3.18. The van der Waals surface area contributed by atoms with Gasteiger partial charge in [-0.25, -0.2) is 9.37 Å². The highest BCUT2D eigenvalue weighted by Gasteiger charge is 2.16. The Hall–Kier alpha value is -1.50. The highest BCUT2D eigenvalue weighted by Crippen LogP contribution is 2.26. The van der Waals surface area contributed by atoms with E-state index in [1.165, 1.54) is 6.07 Å². The van der Waals surface area contributed by atoms with Crippen LogP contribution < -0.4 is 16.0 Å². The zero-order valence-corrected chi connectivity index (χ0v) is 12.5. The average molecular weight is 340 g/mol. The van der Waals surface area contributed by atoms with Crippen molar-refractivity contribution in [2.75, 3.05) is 7.11 Å². The molecule has 1 unspecified atom stereocenters. The van der Waals surface area contributed by atoms with Crippen LogP contribution in [0.15, 0.2) is 41.0 Å². The second kappa shape index (κ2) is 6.78. The van der Waals surface area contributed by atoms with Crippen LogP contribution in [0.4, 0.5) is 4.39 Å². The molecule has 6 heteroatoms. The largest absolute Gasteiger partial charge is 0.481 e. The highest BCUT2D eigenvalue weighted by molar-refractivity contribution is 9.10. The number of rotatable bonds is 5. The van der Waals surface area contributed by atoms with E-state index in [2.05, 4.69) is 26.3 Å². The quantitative estimate of drug-likeness (QED) is 0.649. The maximum absolute atomic E-state index is 13.2. The average Bonchev–Trinajstić information content (AvgIpc) is 2.48. The zero-order valence-electron chi connectivity index (χ0n) is 10.9. The van der Waals surface area contributed by atoms with Gasteiger partial charge in [-0.1, -0.05) is 12.1 Å². The molecule has 3 N–H and O–H groups in total. The van der Waals surface area contributed by atoms with E-state index < -0.39 is 0 Å². The lowest BCUT2D eigenvalue weighted by atomic mass is 10.0. The van der Waals surface area contributed by atoms with Gasteiger partial charge in [-0.15, -0.1) is 0 Å². The minimum absolute atomic E-state index is 0.170. The summed E-state index contributed by atoms with van der Waals surface area (Å²) in [7, 11) is 1.56. The fourth-order valence-electron chi connectivity index (χ4n) is 2.00. The summed E-state index contributed by atoms with van der Waals surface area (Å²) in [5.41, 5.74) is 4.56. The van der Waals surface area contributed by atoms with Crippen molar-refractivity contribution in [1.82, 2.24) is 10.4 Å². The van der Waals surface area contributed by atoms with E-state index in [1.807, 2.05) is 12.1 Å². The summed E-state index contributed by atoms with van der Waals surface area (Å²) in [5.74, 6) is 5.86. The molecule has 0 saturated carbocycles. The number of nitrogens with two attached hydrogens (primary N) is 1. The number of ether oxygens (including phenoxy) is 1. The van der Waals surface area contributed by atoms with E-state index in [0.717, 1.165) is 11.1 Å². The Morgan fingerprint density at radius 1 is 1.45 bits per heavy atom. The number of methoxy groups -OCH3 is 1. The van der Waals surface area contributed by atoms with Crippen LogP contribution in [0.5, 0.6) is 5.88 Å². The van der Waals surface area contributed by atoms with E-state index in [0.29, 0.717) is 16.8 Å². The van der Waals surface area contributed by atoms with Crippen molar-refractivity contribution in [2.45, 2.75) is 12.5 Å². The molecular formula is C14H15BrFN3O. The van der Waals surface area contributed by atoms with Crippen molar-refractivity contribution >= 4 is 15.9 Å². The maximum Gasteiger partial charge on any atom is 0.217 e. The summed E-state index contributed by atoms with van der Waals surface area (Å²) < 4.78 is 18.9. The molecule has 1 heterocycles. The third-order valence-electron chi connectivity index (χ3n) is 2.99. The first-order chi connectivity index (χ1) is 9.65. The predicted octanol–water partition coefficient (Wildman–Crippen LogP) is 2.74. The molecule has 0 radical (unpaired) electrons. The Bertz CT molecular complexity index is 594. The monoisotopic (exact) mass is 339 g/mol. The summed E-state index contributed by atoms with van der Waals surface area (Å²) in [6.07, 6.45) is 2.25. The van der Waals surface area contributed by atoms with Gasteiger partial charge >= 0.3 is 0 Å². The Morgan fingerprint density at radius 2 is 2.25 bits per heavy atom. The molecule has 1 aromatic carbocycles. The van der Waals surface area contributed by atoms with E-state index in [9.17, 15) is 4.39 Å². The normalized spacial score (nSPS) is 12.2. The SMILES string of the molecule is COc1ncccc1C(Cc1ccc(F)c(Br)c1)NN. The molecule has 2 aromatic rings. The number of benzene rings is 1. The molecule has 106 valence electrons. The summed E-state index contributed by atoms with van der Waals surface area (Å²) in [6.45, 7) is 0. The second-order valence-electron chi connectivity index (χ2n) is 4.27. The smallest absolute Gasteiger partial charge is 0.217 e. The molecule has 1 atom stereocenters. The highest BCUT2D eigenvalue weighted by atomic mass is 79.9. The van der Waals surface area contributed by atoms with Gasteiger partial charge < -0.3 is 4.74 Å². The maximum atomic E-state index is 13.2. The van der Waals surface area contributed by atoms with E-state index in [4.69, 9.17) is 10.6 Å². The molecule has 0 spiro atoms. The van der Waals surface area contributed by atoms with Gasteiger partial charge in [-0.3, -0.25) is 11.3 Å². The summed E-state index contributed by atoms with van der Waals surface area (Å²) in [6, 6.07) is 8.44. The van der Waals surface area contributed by atoms with Crippen LogP contribution in [0.1, 0.15) is 17.2 Å². The second-order valence-corrected chi connectivity index (χ2v) is 5.13. The van der Waals surface area contributed by atoms with Crippen molar-refractivity contribution in [1.29, 1.82) is 0 Å².